The van der Waals surface area contributed by atoms with E-state index in [0.717, 1.165) is 12.8 Å². The van der Waals surface area contributed by atoms with Crippen molar-refractivity contribution in [3.8, 4) is 0 Å². The third-order valence-corrected chi connectivity index (χ3v) is 5.83. The molecule has 0 spiro atoms. The Morgan fingerprint density at radius 1 is 1.24 bits per heavy atom. The lowest BCUT2D eigenvalue weighted by atomic mass is 9.76. The van der Waals surface area contributed by atoms with Gasteiger partial charge >= 0.3 is 0 Å². The van der Waals surface area contributed by atoms with Crippen LogP contribution < -0.4 is 0 Å². The maximum Gasteiger partial charge on any atom is 0.162 e. The van der Waals surface area contributed by atoms with Crippen LogP contribution in [0.2, 0.25) is 0 Å². The molecule has 0 saturated heterocycles. The summed E-state index contributed by atoms with van der Waals surface area (Å²) in [6.07, 6.45) is 6.69. The Morgan fingerprint density at radius 3 is 2.56 bits per heavy atom. The summed E-state index contributed by atoms with van der Waals surface area (Å²) in [4.78, 5) is 12.2. The van der Waals surface area contributed by atoms with E-state index in [0.29, 0.717) is 18.4 Å². The monoisotopic (exact) mass is 348 g/mol. The highest BCUT2D eigenvalue weighted by molar-refractivity contribution is 5.96. The van der Waals surface area contributed by atoms with Crippen LogP contribution in [0.4, 0.5) is 0 Å². The van der Waals surface area contributed by atoms with Crippen molar-refractivity contribution >= 4 is 5.78 Å². The highest BCUT2D eigenvalue weighted by Gasteiger charge is 2.45. The summed E-state index contributed by atoms with van der Waals surface area (Å²) in [5.74, 6) is -0.228. The molecule has 0 aromatic heterocycles. The van der Waals surface area contributed by atoms with Crippen LogP contribution in [-0.2, 0) is 4.79 Å². The van der Waals surface area contributed by atoms with Crippen molar-refractivity contribution in [3.05, 3.63) is 34.6 Å². The molecule has 3 N–H and O–H groups in total. The summed E-state index contributed by atoms with van der Waals surface area (Å²) in [5.41, 5.74) is 1.94. The third kappa shape index (κ3) is 4.62. The molecule has 1 fully saturated rings. The molecule has 0 aromatic carbocycles. The lowest BCUT2D eigenvalue weighted by Gasteiger charge is -2.32. The summed E-state index contributed by atoms with van der Waals surface area (Å²) in [5, 5.41) is 30.9. The molecule has 2 aliphatic carbocycles. The fourth-order valence-corrected chi connectivity index (χ4v) is 4.14. The number of hydrogen-bond donors (Lipinski definition) is 3. The van der Waals surface area contributed by atoms with Gasteiger partial charge in [0.1, 0.15) is 11.9 Å². The van der Waals surface area contributed by atoms with Crippen LogP contribution in [0.25, 0.3) is 0 Å². The first kappa shape index (κ1) is 19.9. The molecule has 0 bridgehead atoms. The number of ketones is 1. The van der Waals surface area contributed by atoms with Gasteiger partial charge in [0, 0.05) is 12.0 Å². The average Bonchev–Trinajstić information content (AvgIpc) is 2.82. The minimum absolute atomic E-state index is 0.101. The third-order valence-electron chi connectivity index (χ3n) is 5.83. The Bertz CT molecular complexity index is 605. The Kier molecular flexibility index (Phi) is 6.28. The maximum atomic E-state index is 12.2. The van der Waals surface area contributed by atoms with Crippen molar-refractivity contribution < 1.29 is 20.1 Å². The quantitative estimate of drug-likeness (QED) is 0.657. The molecule has 0 heterocycles. The maximum absolute atomic E-state index is 12.2. The first-order valence-electron chi connectivity index (χ1n) is 9.29. The smallest absolute Gasteiger partial charge is 0.162 e. The first-order valence-corrected chi connectivity index (χ1v) is 9.29. The second-order valence-electron chi connectivity index (χ2n) is 8.12. The summed E-state index contributed by atoms with van der Waals surface area (Å²) < 4.78 is 0. The number of carbonyl (C=O) groups excluding carboxylic acids is 1. The van der Waals surface area contributed by atoms with Crippen LogP contribution in [0.3, 0.4) is 0 Å². The number of carbonyl (C=O) groups is 1. The van der Waals surface area contributed by atoms with Gasteiger partial charge in [0.05, 0.1) is 5.60 Å². The number of allylic oxidation sites excluding steroid dienone is 5. The number of aliphatic hydroxyl groups excluding tert-OH is 2. The summed E-state index contributed by atoms with van der Waals surface area (Å²) >= 11 is 0. The largest absolute Gasteiger partial charge is 0.509 e. The van der Waals surface area contributed by atoms with Crippen LogP contribution in [-0.4, -0.2) is 32.8 Å². The van der Waals surface area contributed by atoms with E-state index in [-0.39, 0.29) is 36.2 Å². The zero-order valence-electron chi connectivity index (χ0n) is 15.9. The molecule has 25 heavy (non-hydrogen) atoms. The topological polar surface area (TPSA) is 77.8 Å². The molecule has 1 saturated carbocycles. The minimum atomic E-state index is -0.952. The molecule has 0 radical (unpaired) electrons. The lowest BCUT2D eigenvalue weighted by Crippen LogP contribution is -2.35. The summed E-state index contributed by atoms with van der Waals surface area (Å²) in [6.45, 7) is 8.05. The van der Waals surface area contributed by atoms with E-state index in [1.807, 2.05) is 6.92 Å². The van der Waals surface area contributed by atoms with Gasteiger partial charge in [-0.2, -0.15) is 0 Å². The van der Waals surface area contributed by atoms with E-state index in [1.165, 1.54) is 11.1 Å². The van der Waals surface area contributed by atoms with Crippen molar-refractivity contribution in [2.24, 2.45) is 11.8 Å². The van der Waals surface area contributed by atoms with Gasteiger partial charge in [0.25, 0.3) is 0 Å². The molecular formula is C21H32O4. The molecule has 0 aliphatic heterocycles. The zero-order chi connectivity index (χ0) is 18.8. The van der Waals surface area contributed by atoms with Crippen molar-refractivity contribution in [2.75, 3.05) is 0 Å². The van der Waals surface area contributed by atoms with E-state index in [4.69, 9.17) is 0 Å². The lowest BCUT2D eigenvalue weighted by molar-refractivity contribution is -0.117. The van der Waals surface area contributed by atoms with Gasteiger partial charge in [0.15, 0.2) is 5.78 Å². The Labute approximate surface area is 151 Å². The zero-order valence-corrected chi connectivity index (χ0v) is 15.9. The van der Waals surface area contributed by atoms with Gasteiger partial charge < -0.3 is 15.3 Å². The van der Waals surface area contributed by atoms with Crippen LogP contribution >= 0.6 is 0 Å². The number of hydrogen-bond acceptors (Lipinski definition) is 4. The van der Waals surface area contributed by atoms with Crippen molar-refractivity contribution in [1.82, 2.24) is 0 Å². The molecule has 2 rings (SSSR count). The van der Waals surface area contributed by atoms with Crippen LogP contribution in [0.1, 0.15) is 66.2 Å². The van der Waals surface area contributed by atoms with Crippen LogP contribution in [0, 0.1) is 11.8 Å². The van der Waals surface area contributed by atoms with Crippen molar-refractivity contribution in [2.45, 2.75) is 77.9 Å². The van der Waals surface area contributed by atoms with Crippen LogP contribution in [0.5, 0.6) is 0 Å². The normalized spacial score (nSPS) is 33.8. The number of Topliss-reactive ketones (excluding diaryl/α,β-unsaturated/α-hetero) is 1. The fraction of sp³-hybridized carbons (Fsp3) is 0.667. The number of aliphatic hydroxyl groups is 3. The molecular weight excluding hydrogens is 316 g/mol. The molecule has 4 nitrogen and oxygen atoms in total. The fourth-order valence-electron chi connectivity index (χ4n) is 4.14. The average molecular weight is 348 g/mol. The summed E-state index contributed by atoms with van der Waals surface area (Å²) in [7, 11) is 0. The van der Waals surface area contributed by atoms with Crippen molar-refractivity contribution in [1.29, 1.82) is 0 Å². The van der Waals surface area contributed by atoms with Gasteiger partial charge in [-0.15, -0.1) is 0 Å². The van der Waals surface area contributed by atoms with Crippen LogP contribution in [0.15, 0.2) is 34.6 Å². The Balaban J connectivity index is 2.24. The molecule has 4 atom stereocenters. The first-order chi connectivity index (χ1) is 11.6. The van der Waals surface area contributed by atoms with E-state index in [1.54, 1.807) is 0 Å². The van der Waals surface area contributed by atoms with E-state index in [2.05, 4.69) is 32.9 Å². The standard InChI is InChI=1S/C21H32O4/c1-13(2)6-5-7-14(3)15-10-11-21(4,25)17(15)12-16-18(22)8-9-19(23)20(16)24/h6-7,15,17,19,23-25H,5,8-12H2,1-4H3/t15-,17-,19+,21-/m0/s1. The molecule has 0 unspecified atom stereocenters. The van der Waals surface area contributed by atoms with E-state index in [9.17, 15) is 20.1 Å². The van der Waals surface area contributed by atoms with Gasteiger partial charge in [-0.05, 0) is 71.6 Å². The molecule has 0 aromatic rings. The van der Waals surface area contributed by atoms with Gasteiger partial charge in [-0.3, -0.25) is 4.79 Å². The van der Waals surface area contributed by atoms with Gasteiger partial charge in [-0.25, -0.2) is 0 Å². The molecule has 2 aliphatic rings. The molecule has 0 amide bonds. The Hall–Kier alpha value is -1.39. The minimum Gasteiger partial charge on any atom is -0.509 e. The predicted octanol–water partition coefficient (Wildman–Crippen LogP) is 3.99. The highest BCUT2D eigenvalue weighted by atomic mass is 16.3. The molecule has 4 heteroatoms. The van der Waals surface area contributed by atoms with E-state index >= 15 is 0 Å². The van der Waals surface area contributed by atoms with Gasteiger partial charge in [-0.1, -0.05) is 23.3 Å². The van der Waals surface area contributed by atoms with Crippen molar-refractivity contribution in [3.63, 3.8) is 0 Å². The van der Waals surface area contributed by atoms with E-state index < -0.39 is 11.7 Å². The second-order valence-corrected chi connectivity index (χ2v) is 8.12. The summed E-state index contributed by atoms with van der Waals surface area (Å²) in [6, 6.07) is 0. The SMILES string of the molecule is CC(C)=CCC=C(C)[C@@H]1CC[C@](C)(O)[C@H]1CC1=C(O)[C@H](O)CCC1=O. The Morgan fingerprint density at radius 2 is 1.92 bits per heavy atom. The van der Waals surface area contributed by atoms with Gasteiger partial charge in [0.2, 0.25) is 0 Å². The second kappa shape index (κ2) is 7.88. The predicted molar refractivity (Wildman–Crippen MR) is 99.2 cm³/mol. The molecule has 140 valence electrons. The number of rotatable bonds is 5. The highest BCUT2D eigenvalue weighted by Crippen LogP contribution is 2.47.